The molecular weight excluding hydrogens is 314 g/mol. The lowest BCUT2D eigenvalue weighted by Crippen LogP contribution is -2.41. The van der Waals surface area contributed by atoms with Crippen molar-refractivity contribution in [3.05, 3.63) is 52.8 Å². The van der Waals surface area contributed by atoms with Crippen molar-refractivity contribution in [1.82, 2.24) is 15.1 Å². The van der Waals surface area contributed by atoms with Gasteiger partial charge in [0.2, 0.25) is 5.91 Å². The molecule has 5 heteroatoms. The predicted octanol–water partition coefficient (Wildman–Crippen LogP) is 3.17. The van der Waals surface area contributed by atoms with Crippen LogP contribution in [0.1, 0.15) is 41.8 Å². The van der Waals surface area contributed by atoms with Gasteiger partial charge < -0.3 is 9.64 Å². The quantitative estimate of drug-likeness (QED) is 0.878. The summed E-state index contributed by atoms with van der Waals surface area (Å²) >= 11 is 0. The third-order valence-corrected chi connectivity index (χ3v) is 4.99. The number of rotatable bonds is 6. The summed E-state index contributed by atoms with van der Waals surface area (Å²) in [4.78, 5) is 14.4. The highest BCUT2D eigenvalue weighted by atomic mass is 16.5. The summed E-state index contributed by atoms with van der Waals surface area (Å²) in [5.74, 6) is 0.238. The van der Waals surface area contributed by atoms with E-state index in [9.17, 15) is 4.79 Å². The van der Waals surface area contributed by atoms with E-state index in [2.05, 4.69) is 22.3 Å². The molecule has 3 rings (SSSR count). The van der Waals surface area contributed by atoms with Crippen LogP contribution in [0.3, 0.4) is 0 Å². The Labute approximate surface area is 149 Å². The van der Waals surface area contributed by atoms with Gasteiger partial charge in [0, 0.05) is 25.2 Å². The first-order valence-corrected chi connectivity index (χ1v) is 9.07. The third kappa shape index (κ3) is 4.69. The maximum absolute atomic E-state index is 12.5. The summed E-state index contributed by atoms with van der Waals surface area (Å²) in [6, 6.07) is 10.2. The predicted molar refractivity (Wildman–Crippen MR) is 97.2 cm³/mol. The number of carbonyl (C=O) groups is 1. The van der Waals surface area contributed by atoms with Crippen molar-refractivity contribution < 1.29 is 9.53 Å². The second-order valence-electron chi connectivity index (χ2n) is 6.79. The number of benzene rings is 1. The van der Waals surface area contributed by atoms with Crippen molar-refractivity contribution >= 4 is 5.91 Å². The Bertz CT molecular complexity index is 669. The molecule has 1 saturated heterocycles. The van der Waals surface area contributed by atoms with Gasteiger partial charge in [-0.15, -0.1) is 0 Å². The van der Waals surface area contributed by atoms with Gasteiger partial charge in [-0.05, 0) is 44.2 Å². The lowest BCUT2D eigenvalue weighted by atomic mass is 10.0. The molecule has 0 spiro atoms. The Balaban J connectivity index is 1.40. The molecule has 0 unspecified atom stereocenters. The lowest BCUT2D eigenvalue weighted by Gasteiger charge is -2.32. The number of hydrogen-bond donors (Lipinski definition) is 1. The smallest absolute Gasteiger partial charge is 0.222 e. The average molecular weight is 341 g/mol. The highest BCUT2D eigenvalue weighted by Gasteiger charge is 2.23. The number of nitrogens with one attached hydrogen (secondary N) is 1. The second kappa shape index (κ2) is 8.30. The number of carbonyl (C=O) groups excluding carboxylic acids is 1. The van der Waals surface area contributed by atoms with Crippen LogP contribution in [0.2, 0.25) is 0 Å². The third-order valence-electron chi connectivity index (χ3n) is 4.99. The number of amides is 1. The van der Waals surface area contributed by atoms with Crippen LogP contribution in [0, 0.1) is 13.8 Å². The number of likely N-dealkylation sites (tertiary alicyclic amines) is 1. The van der Waals surface area contributed by atoms with Gasteiger partial charge in [0.25, 0.3) is 0 Å². The highest BCUT2D eigenvalue weighted by molar-refractivity contribution is 5.76. The molecule has 0 atom stereocenters. The van der Waals surface area contributed by atoms with E-state index in [0.29, 0.717) is 13.0 Å². The molecule has 134 valence electrons. The Hall–Kier alpha value is -2.14. The molecule has 25 heavy (non-hydrogen) atoms. The monoisotopic (exact) mass is 341 g/mol. The summed E-state index contributed by atoms with van der Waals surface area (Å²) in [6.07, 6.45) is 3.40. The van der Waals surface area contributed by atoms with Crippen molar-refractivity contribution in [2.75, 3.05) is 13.1 Å². The minimum atomic E-state index is 0.238. The Morgan fingerprint density at radius 2 is 1.96 bits per heavy atom. The molecule has 0 radical (unpaired) electrons. The first-order chi connectivity index (χ1) is 12.1. The van der Waals surface area contributed by atoms with Gasteiger partial charge in [0.15, 0.2) is 0 Å². The Morgan fingerprint density at radius 1 is 1.24 bits per heavy atom. The molecule has 1 aromatic heterocycles. The van der Waals surface area contributed by atoms with Gasteiger partial charge >= 0.3 is 0 Å². The molecule has 0 bridgehead atoms. The van der Waals surface area contributed by atoms with Gasteiger partial charge in [-0.25, -0.2) is 0 Å². The van der Waals surface area contributed by atoms with E-state index in [1.807, 2.05) is 36.9 Å². The number of ether oxygens (including phenoxy) is 1. The SMILES string of the molecule is Cc1n[nH]c(C)c1CCC(=O)N1CCC(OCc2ccccc2)CC1. The van der Waals surface area contributed by atoms with Crippen LogP contribution in [-0.2, 0) is 22.6 Å². The average Bonchev–Trinajstić information content (AvgIpc) is 2.97. The molecule has 5 nitrogen and oxygen atoms in total. The lowest BCUT2D eigenvalue weighted by molar-refractivity contribution is -0.134. The van der Waals surface area contributed by atoms with Crippen LogP contribution in [0.25, 0.3) is 0 Å². The van der Waals surface area contributed by atoms with Gasteiger partial charge in [0.05, 0.1) is 18.4 Å². The molecule has 1 aliphatic rings. The highest BCUT2D eigenvalue weighted by Crippen LogP contribution is 2.18. The molecule has 2 heterocycles. The van der Waals surface area contributed by atoms with Gasteiger partial charge in [0.1, 0.15) is 0 Å². The normalized spacial score (nSPS) is 15.5. The molecule has 1 amide bonds. The van der Waals surface area contributed by atoms with E-state index < -0.39 is 0 Å². The van der Waals surface area contributed by atoms with Crippen LogP contribution in [-0.4, -0.2) is 40.2 Å². The molecule has 2 aromatic rings. The fraction of sp³-hybridized carbons (Fsp3) is 0.500. The van der Waals surface area contributed by atoms with E-state index in [0.717, 1.165) is 43.7 Å². The van der Waals surface area contributed by atoms with E-state index in [4.69, 9.17) is 4.74 Å². The zero-order valence-electron chi connectivity index (χ0n) is 15.1. The van der Waals surface area contributed by atoms with Crippen LogP contribution < -0.4 is 0 Å². The number of aromatic nitrogens is 2. The maximum atomic E-state index is 12.5. The van der Waals surface area contributed by atoms with E-state index in [1.54, 1.807) is 0 Å². The first kappa shape index (κ1) is 17.7. The minimum absolute atomic E-state index is 0.238. The van der Waals surface area contributed by atoms with Crippen molar-refractivity contribution in [1.29, 1.82) is 0 Å². The summed E-state index contributed by atoms with van der Waals surface area (Å²) < 4.78 is 6.00. The van der Waals surface area contributed by atoms with Crippen molar-refractivity contribution in [3.63, 3.8) is 0 Å². The maximum Gasteiger partial charge on any atom is 0.222 e. The van der Waals surface area contributed by atoms with Gasteiger partial charge in [-0.1, -0.05) is 30.3 Å². The molecule has 1 N–H and O–H groups in total. The molecule has 1 aromatic carbocycles. The van der Waals surface area contributed by atoms with E-state index in [1.165, 1.54) is 11.1 Å². The summed E-state index contributed by atoms with van der Waals surface area (Å²) in [5, 5.41) is 7.18. The molecule has 1 fully saturated rings. The Kier molecular flexibility index (Phi) is 5.87. The second-order valence-corrected chi connectivity index (χ2v) is 6.79. The van der Waals surface area contributed by atoms with Crippen molar-refractivity contribution in [2.24, 2.45) is 0 Å². The molecule has 0 aliphatic carbocycles. The summed E-state index contributed by atoms with van der Waals surface area (Å²) in [7, 11) is 0. The number of hydrogen-bond acceptors (Lipinski definition) is 3. The minimum Gasteiger partial charge on any atom is -0.373 e. The zero-order chi connectivity index (χ0) is 17.6. The fourth-order valence-corrected chi connectivity index (χ4v) is 3.39. The Morgan fingerprint density at radius 3 is 2.60 bits per heavy atom. The zero-order valence-corrected chi connectivity index (χ0v) is 15.1. The topological polar surface area (TPSA) is 58.2 Å². The van der Waals surface area contributed by atoms with Crippen LogP contribution in [0.4, 0.5) is 0 Å². The number of H-pyrrole nitrogens is 1. The van der Waals surface area contributed by atoms with Gasteiger partial charge in [-0.3, -0.25) is 9.89 Å². The molecule has 0 saturated carbocycles. The fourth-order valence-electron chi connectivity index (χ4n) is 3.39. The largest absolute Gasteiger partial charge is 0.373 e. The van der Waals surface area contributed by atoms with Crippen LogP contribution in [0.5, 0.6) is 0 Å². The number of nitrogens with zero attached hydrogens (tertiary/aromatic N) is 2. The standard InChI is InChI=1S/C20H27N3O2/c1-15-19(16(2)22-21-15)8-9-20(24)23-12-10-18(11-13-23)25-14-17-6-4-3-5-7-17/h3-7,18H,8-14H2,1-2H3,(H,21,22). The van der Waals surface area contributed by atoms with E-state index >= 15 is 0 Å². The molecular formula is C20H27N3O2. The van der Waals surface area contributed by atoms with Crippen molar-refractivity contribution in [2.45, 2.75) is 52.2 Å². The number of aromatic amines is 1. The number of piperidine rings is 1. The van der Waals surface area contributed by atoms with E-state index in [-0.39, 0.29) is 12.0 Å². The van der Waals surface area contributed by atoms with Crippen LogP contribution in [0.15, 0.2) is 30.3 Å². The molecule has 1 aliphatic heterocycles. The summed E-state index contributed by atoms with van der Waals surface area (Å²) in [5.41, 5.74) is 4.44. The van der Waals surface area contributed by atoms with Crippen molar-refractivity contribution in [3.8, 4) is 0 Å². The number of aryl methyl sites for hydroxylation is 2. The van der Waals surface area contributed by atoms with Crippen LogP contribution >= 0.6 is 0 Å². The summed E-state index contributed by atoms with van der Waals surface area (Å²) in [6.45, 7) is 6.23. The first-order valence-electron chi connectivity index (χ1n) is 9.07. The van der Waals surface area contributed by atoms with Gasteiger partial charge in [-0.2, -0.15) is 5.10 Å².